The molecule has 5 heteroatoms. The van der Waals surface area contributed by atoms with Crippen LogP contribution in [0.3, 0.4) is 0 Å². The van der Waals surface area contributed by atoms with Gasteiger partial charge in [0.25, 0.3) is 0 Å². The van der Waals surface area contributed by atoms with E-state index < -0.39 is 5.97 Å². The molecule has 3 aromatic carbocycles. The molecule has 3 aromatic rings. The van der Waals surface area contributed by atoms with Crippen molar-refractivity contribution in [1.82, 2.24) is 0 Å². The first-order valence-corrected chi connectivity index (χ1v) is 9.35. The molecule has 0 saturated carbocycles. The van der Waals surface area contributed by atoms with Crippen LogP contribution < -0.4 is 4.90 Å². The highest BCUT2D eigenvalue weighted by molar-refractivity contribution is 6.30. The Kier molecular flexibility index (Phi) is 5.13. The summed E-state index contributed by atoms with van der Waals surface area (Å²) in [6.45, 7) is 1.31. The van der Waals surface area contributed by atoms with Crippen molar-refractivity contribution < 1.29 is 14.3 Å². The molecule has 0 fully saturated rings. The van der Waals surface area contributed by atoms with Gasteiger partial charge in [-0.2, -0.15) is 0 Å². The molecule has 140 valence electrons. The van der Waals surface area contributed by atoms with E-state index >= 15 is 0 Å². The quantitative estimate of drug-likeness (QED) is 0.458. The molecule has 0 aromatic heterocycles. The maximum absolute atomic E-state index is 12.4. The average Bonchev–Trinajstić information content (AvgIpc) is 3.17. The largest absolute Gasteiger partial charge is 0.454 e. The molecule has 28 heavy (non-hydrogen) atoms. The molecule has 0 bridgehead atoms. The monoisotopic (exact) mass is 391 g/mol. The third kappa shape index (κ3) is 3.92. The first kappa shape index (κ1) is 18.3. The number of halogens is 1. The molecule has 0 N–H and O–H groups in total. The van der Waals surface area contributed by atoms with Crippen LogP contribution in [0.5, 0.6) is 0 Å². The van der Waals surface area contributed by atoms with Gasteiger partial charge in [-0.3, -0.25) is 4.79 Å². The van der Waals surface area contributed by atoms with Crippen molar-refractivity contribution in [2.45, 2.75) is 13.1 Å². The van der Waals surface area contributed by atoms with Crippen molar-refractivity contribution in [2.75, 3.05) is 11.5 Å². The fourth-order valence-electron chi connectivity index (χ4n) is 3.28. The lowest BCUT2D eigenvalue weighted by Gasteiger charge is -2.18. The lowest BCUT2D eigenvalue weighted by atomic mass is 10.1. The van der Waals surface area contributed by atoms with Crippen LogP contribution >= 0.6 is 11.6 Å². The van der Waals surface area contributed by atoms with E-state index in [0.29, 0.717) is 16.1 Å². The zero-order valence-electron chi connectivity index (χ0n) is 15.1. The van der Waals surface area contributed by atoms with Crippen LogP contribution in [0.2, 0.25) is 5.02 Å². The summed E-state index contributed by atoms with van der Waals surface area (Å²) in [6.07, 6.45) is 0. The summed E-state index contributed by atoms with van der Waals surface area (Å²) in [7, 11) is 0. The van der Waals surface area contributed by atoms with Gasteiger partial charge in [-0.15, -0.1) is 0 Å². The molecule has 4 nitrogen and oxygen atoms in total. The Morgan fingerprint density at radius 3 is 2.21 bits per heavy atom. The third-order valence-electron chi connectivity index (χ3n) is 4.79. The third-order valence-corrected chi connectivity index (χ3v) is 5.04. The topological polar surface area (TPSA) is 46.6 Å². The Morgan fingerprint density at radius 2 is 1.54 bits per heavy atom. The maximum atomic E-state index is 12.4. The Balaban J connectivity index is 1.41. The number of carbonyl (C=O) groups is 2. The number of hydrogen-bond donors (Lipinski definition) is 0. The number of hydrogen-bond acceptors (Lipinski definition) is 4. The molecular formula is C23H18ClNO3. The van der Waals surface area contributed by atoms with Gasteiger partial charge < -0.3 is 9.64 Å². The Morgan fingerprint density at radius 1 is 0.857 bits per heavy atom. The fraction of sp³-hybridized carbons (Fsp3) is 0.130. The van der Waals surface area contributed by atoms with Gasteiger partial charge in [0.1, 0.15) is 0 Å². The molecule has 0 atom stereocenters. The zero-order chi connectivity index (χ0) is 19.5. The summed E-state index contributed by atoms with van der Waals surface area (Å²) >= 11 is 5.82. The molecular weight excluding hydrogens is 374 g/mol. The highest BCUT2D eigenvalue weighted by Gasteiger charge is 2.20. The van der Waals surface area contributed by atoms with E-state index in [9.17, 15) is 9.59 Å². The molecule has 1 heterocycles. The predicted molar refractivity (Wildman–Crippen MR) is 109 cm³/mol. The first-order chi connectivity index (χ1) is 13.6. The minimum atomic E-state index is -0.513. The lowest BCUT2D eigenvalue weighted by Crippen LogP contribution is -2.17. The van der Waals surface area contributed by atoms with Crippen molar-refractivity contribution in [3.05, 3.63) is 100 Å². The van der Waals surface area contributed by atoms with Crippen LogP contribution in [-0.4, -0.2) is 18.4 Å². The van der Waals surface area contributed by atoms with Gasteiger partial charge in [0.05, 0.1) is 5.56 Å². The molecule has 0 unspecified atom stereocenters. The summed E-state index contributed by atoms with van der Waals surface area (Å²) in [6, 6.07) is 22.1. The van der Waals surface area contributed by atoms with E-state index in [2.05, 4.69) is 17.0 Å². The second kappa shape index (κ2) is 7.87. The second-order valence-corrected chi connectivity index (χ2v) is 7.12. The van der Waals surface area contributed by atoms with Crippen molar-refractivity contribution in [3.63, 3.8) is 0 Å². The number of nitrogens with zero attached hydrogens (tertiary/aromatic N) is 1. The minimum Gasteiger partial charge on any atom is -0.454 e. The van der Waals surface area contributed by atoms with Crippen LogP contribution in [0.25, 0.3) is 0 Å². The molecule has 0 radical (unpaired) electrons. The molecule has 0 saturated heterocycles. The number of benzene rings is 3. The van der Waals surface area contributed by atoms with Crippen LogP contribution in [0, 0.1) is 0 Å². The van der Waals surface area contributed by atoms with Gasteiger partial charge in [-0.05, 0) is 53.6 Å². The molecule has 4 rings (SSSR count). The average molecular weight is 392 g/mol. The van der Waals surface area contributed by atoms with Crippen LogP contribution in [0.4, 0.5) is 5.69 Å². The van der Waals surface area contributed by atoms with Gasteiger partial charge >= 0.3 is 5.97 Å². The normalized spacial score (nSPS) is 12.5. The lowest BCUT2D eigenvalue weighted by molar-refractivity contribution is 0.0475. The highest BCUT2D eigenvalue weighted by Crippen LogP contribution is 2.28. The zero-order valence-corrected chi connectivity index (χ0v) is 15.9. The van der Waals surface area contributed by atoms with E-state index in [1.807, 2.05) is 24.3 Å². The van der Waals surface area contributed by atoms with Crippen LogP contribution in [0.15, 0.2) is 72.8 Å². The summed E-state index contributed by atoms with van der Waals surface area (Å²) in [4.78, 5) is 26.8. The number of esters is 1. The number of fused-ring (bicyclic) bond motifs is 1. The number of ether oxygens (including phenoxy) is 1. The highest BCUT2D eigenvalue weighted by atomic mass is 35.5. The molecule has 1 aliphatic rings. The maximum Gasteiger partial charge on any atom is 0.338 e. The van der Waals surface area contributed by atoms with E-state index in [4.69, 9.17) is 16.3 Å². The molecule has 1 aliphatic heterocycles. The summed E-state index contributed by atoms with van der Waals surface area (Å²) in [5.74, 6) is -0.781. The van der Waals surface area contributed by atoms with Gasteiger partial charge in [-0.1, -0.05) is 41.9 Å². The number of anilines is 1. The Hall–Kier alpha value is -3.11. The van der Waals surface area contributed by atoms with Gasteiger partial charge in [0.15, 0.2) is 12.4 Å². The van der Waals surface area contributed by atoms with Crippen LogP contribution in [-0.2, 0) is 17.8 Å². The summed E-state index contributed by atoms with van der Waals surface area (Å²) < 4.78 is 5.21. The number of carbonyl (C=O) groups excluding carboxylic acids is 2. The van der Waals surface area contributed by atoms with Gasteiger partial charge in [0, 0.05) is 29.4 Å². The Labute approximate surface area is 168 Å². The standard InChI is InChI=1S/C23H18ClNO3/c24-20-10-8-16(9-11-20)22(26)15-28-23(27)17-6-3-7-21(12-17)25-13-18-4-1-2-5-19(18)14-25/h1-12H,13-15H2. The van der Waals surface area contributed by atoms with E-state index in [0.717, 1.165) is 18.8 Å². The van der Waals surface area contributed by atoms with Crippen molar-refractivity contribution in [3.8, 4) is 0 Å². The second-order valence-electron chi connectivity index (χ2n) is 6.68. The number of ketones is 1. The molecule has 0 amide bonds. The number of Topliss-reactive ketones (excluding diaryl/α,β-unsaturated/α-hetero) is 1. The van der Waals surface area contributed by atoms with Gasteiger partial charge in [-0.25, -0.2) is 4.79 Å². The van der Waals surface area contributed by atoms with E-state index in [-0.39, 0.29) is 12.4 Å². The van der Waals surface area contributed by atoms with Crippen molar-refractivity contribution in [1.29, 1.82) is 0 Å². The predicted octanol–water partition coefficient (Wildman–Crippen LogP) is 4.90. The molecule has 0 aliphatic carbocycles. The number of rotatable bonds is 5. The smallest absolute Gasteiger partial charge is 0.338 e. The fourth-order valence-corrected chi connectivity index (χ4v) is 3.40. The summed E-state index contributed by atoms with van der Waals surface area (Å²) in [5.41, 5.74) is 4.43. The van der Waals surface area contributed by atoms with Crippen molar-refractivity contribution in [2.24, 2.45) is 0 Å². The van der Waals surface area contributed by atoms with Crippen LogP contribution in [0.1, 0.15) is 31.8 Å². The Bertz CT molecular complexity index is 1010. The minimum absolute atomic E-state index is 0.267. The SMILES string of the molecule is O=C(COC(=O)c1cccc(N2Cc3ccccc3C2)c1)c1ccc(Cl)cc1. The van der Waals surface area contributed by atoms with E-state index in [1.165, 1.54) is 11.1 Å². The van der Waals surface area contributed by atoms with E-state index in [1.54, 1.807) is 36.4 Å². The van der Waals surface area contributed by atoms with Gasteiger partial charge in [0.2, 0.25) is 0 Å². The van der Waals surface area contributed by atoms with Crippen molar-refractivity contribution >= 4 is 29.0 Å². The molecule has 0 spiro atoms. The summed E-state index contributed by atoms with van der Waals surface area (Å²) in [5, 5.41) is 0.550. The first-order valence-electron chi connectivity index (χ1n) is 8.98.